The van der Waals surface area contributed by atoms with Gasteiger partial charge in [-0.3, -0.25) is 4.79 Å². The molecule has 2 aromatic carbocycles. The Morgan fingerprint density at radius 3 is 2.91 bits per heavy atom. The predicted molar refractivity (Wildman–Crippen MR) is 89.7 cm³/mol. The zero-order valence-electron chi connectivity index (χ0n) is 12.1. The molecule has 4 heteroatoms. The standard InChI is InChI=1S/C18H15ClN2O/c1-11-8-12-4-2-3-5-17(12)21(11)18(22)16-10-13-9-14(19)6-7-15(13)20-16/h2-7,9-11,20H,8H2,1H3/t11-/m1/s1. The van der Waals surface area contributed by atoms with Crippen LogP contribution in [0.2, 0.25) is 5.02 Å². The number of nitrogens with zero attached hydrogens (tertiary/aromatic N) is 1. The van der Waals surface area contributed by atoms with Crippen LogP contribution in [-0.4, -0.2) is 16.9 Å². The molecular weight excluding hydrogens is 296 g/mol. The molecule has 0 unspecified atom stereocenters. The summed E-state index contributed by atoms with van der Waals surface area (Å²) >= 11 is 6.02. The first kappa shape index (κ1) is 13.4. The van der Waals surface area contributed by atoms with Gasteiger partial charge in [0.05, 0.1) is 0 Å². The van der Waals surface area contributed by atoms with Crippen molar-refractivity contribution in [3.05, 3.63) is 64.8 Å². The van der Waals surface area contributed by atoms with Crippen LogP contribution in [0.3, 0.4) is 0 Å². The Balaban J connectivity index is 1.77. The maximum absolute atomic E-state index is 12.9. The molecule has 0 aliphatic carbocycles. The number of hydrogen-bond donors (Lipinski definition) is 1. The summed E-state index contributed by atoms with van der Waals surface area (Å²) in [5, 5.41) is 1.63. The average Bonchev–Trinajstić information content (AvgIpc) is 3.06. The second kappa shape index (κ2) is 4.89. The lowest BCUT2D eigenvalue weighted by Crippen LogP contribution is -2.35. The average molecular weight is 311 g/mol. The molecule has 0 radical (unpaired) electrons. The van der Waals surface area contributed by atoms with Gasteiger partial charge in [-0.25, -0.2) is 0 Å². The van der Waals surface area contributed by atoms with Gasteiger partial charge in [0.2, 0.25) is 0 Å². The molecule has 3 aromatic rings. The quantitative estimate of drug-likeness (QED) is 0.710. The summed E-state index contributed by atoms with van der Waals surface area (Å²) in [4.78, 5) is 18.0. The van der Waals surface area contributed by atoms with E-state index in [0.29, 0.717) is 10.7 Å². The summed E-state index contributed by atoms with van der Waals surface area (Å²) in [7, 11) is 0. The van der Waals surface area contributed by atoms with Gasteiger partial charge in [-0.1, -0.05) is 29.8 Å². The lowest BCUT2D eigenvalue weighted by molar-refractivity contribution is 0.0977. The van der Waals surface area contributed by atoms with E-state index in [1.165, 1.54) is 5.56 Å². The second-order valence-electron chi connectivity index (χ2n) is 5.77. The highest BCUT2D eigenvalue weighted by atomic mass is 35.5. The van der Waals surface area contributed by atoms with Gasteiger partial charge in [0.25, 0.3) is 5.91 Å². The zero-order chi connectivity index (χ0) is 15.3. The first-order valence-electron chi connectivity index (χ1n) is 7.33. The SMILES string of the molecule is C[C@@H]1Cc2ccccc2N1C(=O)c1cc2cc(Cl)ccc2[nH]1. The third-order valence-corrected chi connectivity index (χ3v) is 4.47. The monoisotopic (exact) mass is 310 g/mol. The molecule has 0 saturated heterocycles. The highest BCUT2D eigenvalue weighted by Crippen LogP contribution is 2.33. The number of nitrogens with one attached hydrogen (secondary N) is 1. The number of H-pyrrole nitrogens is 1. The van der Waals surface area contributed by atoms with Crippen LogP contribution in [0, 0.1) is 0 Å². The molecule has 2 heterocycles. The first-order valence-corrected chi connectivity index (χ1v) is 7.71. The van der Waals surface area contributed by atoms with Gasteiger partial charge < -0.3 is 9.88 Å². The van der Waals surface area contributed by atoms with E-state index in [-0.39, 0.29) is 11.9 Å². The van der Waals surface area contributed by atoms with Gasteiger partial charge in [0.1, 0.15) is 5.69 Å². The largest absolute Gasteiger partial charge is 0.351 e. The van der Waals surface area contributed by atoms with Crippen molar-refractivity contribution >= 4 is 34.1 Å². The summed E-state index contributed by atoms with van der Waals surface area (Å²) in [6.07, 6.45) is 0.897. The lowest BCUT2D eigenvalue weighted by Gasteiger charge is -2.22. The number of carbonyl (C=O) groups excluding carboxylic acids is 1. The molecule has 0 bridgehead atoms. The van der Waals surface area contributed by atoms with Crippen molar-refractivity contribution in [3.63, 3.8) is 0 Å². The fourth-order valence-corrected chi connectivity index (χ4v) is 3.40. The number of aromatic amines is 1. The van der Waals surface area contributed by atoms with Crippen LogP contribution in [0.5, 0.6) is 0 Å². The maximum Gasteiger partial charge on any atom is 0.274 e. The van der Waals surface area contributed by atoms with E-state index in [2.05, 4.69) is 18.0 Å². The summed E-state index contributed by atoms with van der Waals surface area (Å²) in [5.74, 6) is 0.00442. The Labute approximate surface area is 133 Å². The van der Waals surface area contributed by atoms with Gasteiger partial charge in [-0.2, -0.15) is 0 Å². The van der Waals surface area contributed by atoms with Crippen LogP contribution in [0.1, 0.15) is 23.0 Å². The van der Waals surface area contributed by atoms with E-state index in [4.69, 9.17) is 11.6 Å². The van der Waals surface area contributed by atoms with Gasteiger partial charge >= 0.3 is 0 Å². The molecule has 0 fully saturated rings. The predicted octanol–water partition coefficient (Wildman–Crippen LogP) is 4.41. The Hall–Kier alpha value is -2.26. The fraction of sp³-hybridized carbons (Fsp3) is 0.167. The topological polar surface area (TPSA) is 36.1 Å². The van der Waals surface area contributed by atoms with Crippen LogP contribution in [0.15, 0.2) is 48.5 Å². The highest BCUT2D eigenvalue weighted by Gasteiger charge is 2.31. The lowest BCUT2D eigenvalue weighted by atomic mass is 10.1. The van der Waals surface area contributed by atoms with Crippen LogP contribution in [0.4, 0.5) is 5.69 Å². The Kier molecular flexibility index (Phi) is 2.98. The van der Waals surface area contributed by atoms with Crippen molar-refractivity contribution in [2.45, 2.75) is 19.4 Å². The van der Waals surface area contributed by atoms with E-state index in [0.717, 1.165) is 23.0 Å². The molecule has 4 rings (SSSR count). The normalized spacial score (nSPS) is 17.0. The second-order valence-corrected chi connectivity index (χ2v) is 6.21. The maximum atomic E-state index is 12.9. The number of carbonyl (C=O) groups is 1. The van der Waals surface area contributed by atoms with Gasteiger partial charge in [0, 0.05) is 27.7 Å². The molecule has 1 aliphatic heterocycles. The third kappa shape index (κ3) is 2.01. The van der Waals surface area contributed by atoms with E-state index < -0.39 is 0 Å². The van der Waals surface area contributed by atoms with Crippen molar-refractivity contribution in [2.75, 3.05) is 4.90 Å². The zero-order valence-corrected chi connectivity index (χ0v) is 12.9. The van der Waals surface area contributed by atoms with E-state index >= 15 is 0 Å². The minimum absolute atomic E-state index is 0.00442. The Bertz CT molecular complexity index is 884. The van der Waals surface area contributed by atoms with Crippen molar-refractivity contribution in [2.24, 2.45) is 0 Å². The van der Waals surface area contributed by atoms with Crippen molar-refractivity contribution in [1.82, 2.24) is 4.98 Å². The molecule has 1 amide bonds. The minimum Gasteiger partial charge on any atom is -0.351 e. The number of hydrogen-bond acceptors (Lipinski definition) is 1. The van der Waals surface area contributed by atoms with Crippen LogP contribution < -0.4 is 4.90 Å². The van der Waals surface area contributed by atoms with Crippen molar-refractivity contribution < 1.29 is 4.79 Å². The Morgan fingerprint density at radius 2 is 2.05 bits per heavy atom. The summed E-state index contributed by atoms with van der Waals surface area (Å²) in [6.45, 7) is 2.08. The number of aromatic nitrogens is 1. The molecule has 0 spiro atoms. The molecular formula is C18H15ClN2O. The first-order chi connectivity index (χ1) is 10.6. The molecule has 0 saturated carbocycles. The third-order valence-electron chi connectivity index (χ3n) is 4.24. The van der Waals surface area contributed by atoms with Crippen LogP contribution in [0.25, 0.3) is 10.9 Å². The van der Waals surface area contributed by atoms with Crippen molar-refractivity contribution in [1.29, 1.82) is 0 Å². The van der Waals surface area contributed by atoms with Crippen LogP contribution in [-0.2, 0) is 6.42 Å². The van der Waals surface area contributed by atoms with E-state index in [9.17, 15) is 4.79 Å². The smallest absolute Gasteiger partial charge is 0.274 e. The van der Waals surface area contributed by atoms with Crippen molar-refractivity contribution in [3.8, 4) is 0 Å². The van der Waals surface area contributed by atoms with Crippen LogP contribution >= 0.6 is 11.6 Å². The Morgan fingerprint density at radius 1 is 1.23 bits per heavy atom. The number of anilines is 1. The molecule has 3 nitrogen and oxygen atoms in total. The molecule has 1 N–H and O–H groups in total. The minimum atomic E-state index is 0.00442. The molecule has 22 heavy (non-hydrogen) atoms. The molecule has 110 valence electrons. The molecule has 1 atom stereocenters. The number of rotatable bonds is 1. The number of para-hydroxylation sites is 1. The van der Waals surface area contributed by atoms with Gasteiger partial charge in [-0.05, 0) is 49.2 Å². The summed E-state index contributed by atoms with van der Waals surface area (Å²) < 4.78 is 0. The molecule has 1 aliphatic rings. The van der Waals surface area contributed by atoms with Gasteiger partial charge in [0.15, 0.2) is 0 Å². The number of halogens is 1. The summed E-state index contributed by atoms with van der Waals surface area (Å²) in [6, 6.07) is 15.7. The fourth-order valence-electron chi connectivity index (χ4n) is 3.22. The summed E-state index contributed by atoms with van der Waals surface area (Å²) in [5.41, 5.74) is 3.76. The number of benzene rings is 2. The number of amides is 1. The van der Waals surface area contributed by atoms with E-state index in [1.807, 2.05) is 47.4 Å². The highest BCUT2D eigenvalue weighted by molar-refractivity contribution is 6.31. The van der Waals surface area contributed by atoms with Gasteiger partial charge in [-0.15, -0.1) is 0 Å². The number of fused-ring (bicyclic) bond motifs is 2. The van der Waals surface area contributed by atoms with E-state index in [1.54, 1.807) is 0 Å². The molecule has 1 aromatic heterocycles.